The molecule has 92 valence electrons. The Morgan fingerprint density at radius 3 is 2.65 bits per heavy atom. The summed E-state index contributed by atoms with van der Waals surface area (Å²) in [4.78, 5) is 13.1. The lowest BCUT2D eigenvalue weighted by atomic mass is 9.99. The molecule has 1 aromatic carbocycles. The molecule has 2 nitrogen and oxygen atoms in total. The van der Waals surface area contributed by atoms with Gasteiger partial charge in [0.25, 0.3) is 5.91 Å². The van der Waals surface area contributed by atoms with E-state index in [9.17, 15) is 4.79 Å². The lowest BCUT2D eigenvalue weighted by Crippen LogP contribution is -2.43. The molecule has 0 heterocycles. The summed E-state index contributed by atoms with van der Waals surface area (Å²) in [6.45, 7) is 4.09. The molecule has 1 saturated carbocycles. The van der Waals surface area contributed by atoms with Crippen LogP contribution >= 0.6 is 12.6 Å². The molecule has 1 aromatic rings. The average molecular weight is 249 g/mol. The molecule has 0 radical (unpaired) electrons. The summed E-state index contributed by atoms with van der Waals surface area (Å²) in [5.74, 6) is 0.0304. The Balaban J connectivity index is 2.17. The third kappa shape index (κ3) is 2.83. The van der Waals surface area contributed by atoms with Gasteiger partial charge < -0.3 is 5.32 Å². The van der Waals surface area contributed by atoms with Gasteiger partial charge in [-0.3, -0.25) is 4.79 Å². The highest BCUT2D eigenvalue weighted by Gasteiger charge is 2.30. The van der Waals surface area contributed by atoms with Gasteiger partial charge >= 0.3 is 0 Å². The number of amides is 1. The van der Waals surface area contributed by atoms with Crippen LogP contribution in [0.2, 0.25) is 0 Å². The number of aryl methyl sites for hydroxylation is 1. The summed E-state index contributed by atoms with van der Waals surface area (Å²) in [6, 6.07) is 5.69. The normalized spacial score (nSPS) is 18.1. The molecule has 0 bridgehead atoms. The van der Waals surface area contributed by atoms with Crippen molar-refractivity contribution in [1.29, 1.82) is 0 Å². The summed E-state index contributed by atoms with van der Waals surface area (Å²) in [5.41, 5.74) is 1.73. The highest BCUT2D eigenvalue weighted by molar-refractivity contribution is 7.80. The van der Waals surface area contributed by atoms with E-state index in [4.69, 9.17) is 0 Å². The first-order valence-corrected chi connectivity index (χ1v) is 6.57. The van der Waals surface area contributed by atoms with E-state index in [1.165, 1.54) is 12.8 Å². The molecular weight excluding hydrogens is 230 g/mol. The highest BCUT2D eigenvalue weighted by atomic mass is 32.1. The van der Waals surface area contributed by atoms with E-state index in [1.54, 1.807) is 0 Å². The topological polar surface area (TPSA) is 29.1 Å². The molecule has 1 aliphatic carbocycles. The molecule has 1 N–H and O–H groups in total. The quantitative estimate of drug-likeness (QED) is 0.773. The highest BCUT2D eigenvalue weighted by Crippen LogP contribution is 2.29. The van der Waals surface area contributed by atoms with Gasteiger partial charge in [0, 0.05) is 16.0 Å². The number of hydrogen-bond donors (Lipinski definition) is 2. The molecule has 17 heavy (non-hydrogen) atoms. The maximum Gasteiger partial charge on any atom is 0.252 e. The van der Waals surface area contributed by atoms with Crippen LogP contribution in [0, 0.1) is 6.92 Å². The SMILES string of the molecule is Cc1ccc(S)cc1C(=O)NC1(C)CCCC1. The van der Waals surface area contributed by atoms with Gasteiger partial charge in [0.15, 0.2) is 0 Å². The second-order valence-electron chi connectivity index (χ2n) is 5.22. The number of thiol groups is 1. The Labute approximate surface area is 108 Å². The van der Waals surface area contributed by atoms with Crippen LogP contribution in [-0.4, -0.2) is 11.4 Å². The van der Waals surface area contributed by atoms with Crippen molar-refractivity contribution in [2.24, 2.45) is 0 Å². The second-order valence-corrected chi connectivity index (χ2v) is 5.74. The fraction of sp³-hybridized carbons (Fsp3) is 0.500. The molecule has 1 fully saturated rings. The van der Waals surface area contributed by atoms with Crippen molar-refractivity contribution in [1.82, 2.24) is 5.32 Å². The van der Waals surface area contributed by atoms with Crippen LogP contribution in [0.5, 0.6) is 0 Å². The lowest BCUT2D eigenvalue weighted by Gasteiger charge is -2.25. The minimum atomic E-state index is -0.0177. The standard InChI is InChI=1S/C14H19NOS/c1-10-5-6-11(17)9-12(10)13(16)15-14(2)7-3-4-8-14/h5-6,9,17H,3-4,7-8H2,1-2H3,(H,15,16). The van der Waals surface area contributed by atoms with Crippen molar-refractivity contribution in [3.8, 4) is 0 Å². The molecule has 3 heteroatoms. The largest absolute Gasteiger partial charge is 0.347 e. The molecule has 0 aromatic heterocycles. The van der Waals surface area contributed by atoms with E-state index in [1.807, 2.05) is 25.1 Å². The first kappa shape index (κ1) is 12.5. The zero-order valence-corrected chi connectivity index (χ0v) is 11.3. The van der Waals surface area contributed by atoms with Gasteiger partial charge in [-0.1, -0.05) is 18.9 Å². The van der Waals surface area contributed by atoms with Crippen molar-refractivity contribution >= 4 is 18.5 Å². The Morgan fingerprint density at radius 2 is 2.00 bits per heavy atom. The predicted octanol–water partition coefficient (Wildman–Crippen LogP) is 3.35. The summed E-state index contributed by atoms with van der Waals surface area (Å²) >= 11 is 4.29. The smallest absolute Gasteiger partial charge is 0.252 e. The lowest BCUT2D eigenvalue weighted by molar-refractivity contribution is 0.0907. The van der Waals surface area contributed by atoms with Crippen LogP contribution in [0.4, 0.5) is 0 Å². The number of carbonyl (C=O) groups excluding carboxylic acids is 1. The zero-order valence-electron chi connectivity index (χ0n) is 10.4. The fourth-order valence-electron chi connectivity index (χ4n) is 2.48. The molecule has 0 atom stereocenters. The third-order valence-corrected chi connectivity index (χ3v) is 3.87. The second kappa shape index (κ2) is 4.73. The molecule has 1 aliphatic rings. The Hall–Kier alpha value is -0.960. The van der Waals surface area contributed by atoms with E-state index in [0.717, 1.165) is 28.9 Å². The van der Waals surface area contributed by atoms with E-state index in [0.29, 0.717) is 0 Å². The number of nitrogens with one attached hydrogen (secondary N) is 1. The Morgan fingerprint density at radius 1 is 1.35 bits per heavy atom. The summed E-state index contributed by atoms with van der Waals surface area (Å²) in [5, 5.41) is 3.17. The van der Waals surface area contributed by atoms with Crippen molar-refractivity contribution < 1.29 is 4.79 Å². The summed E-state index contributed by atoms with van der Waals surface area (Å²) < 4.78 is 0. The van der Waals surface area contributed by atoms with Gasteiger partial charge in [0.2, 0.25) is 0 Å². The van der Waals surface area contributed by atoms with Crippen LogP contribution in [0.3, 0.4) is 0 Å². The first-order valence-electron chi connectivity index (χ1n) is 6.12. The van der Waals surface area contributed by atoms with Crippen LogP contribution in [-0.2, 0) is 0 Å². The fourth-order valence-corrected chi connectivity index (χ4v) is 2.68. The van der Waals surface area contributed by atoms with Gasteiger partial charge in [-0.25, -0.2) is 0 Å². The van der Waals surface area contributed by atoms with Gasteiger partial charge in [-0.05, 0) is 44.4 Å². The molecule has 2 rings (SSSR count). The maximum absolute atomic E-state index is 12.2. The van der Waals surface area contributed by atoms with Crippen LogP contribution in [0.15, 0.2) is 23.1 Å². The molecular formula is C14H19NOS. The monoisotopic (exact) mass is 249 g/mol. The molecule has 0 unspecified atom stereocenters. The molecule has 1 amide bonds. The Kier molecular flexibility index (Phi) is 3.48. The molecule has 0 spiro atoms. The maximum atomic E-state index is 12.2. The van der Waals surface area contributed by atoms with Gasteiger partial charge in [-0.15, -0.1) is 12.6 Å². The van der Waals surface area contributed by atoms with Crippen LogP contribution in [0.25, 0.3) is 0 Å². The molecule has 0 aliphatic heterocycles. The zero-order chi connectivity index (χ0) is 12.5. The third-order valence-electron chi connectivity index (χ3n) is 3.59. The van der Waals surface area contributed by atoms with Crippen molar-refractivity contribution in [3.05, 3.63) is 29.3 Å². The summed E-state index contributed by atoms with van der Waals surface area (Å²) in [7, 11) is 0. The number of benzene rings is 1. The Bertz CT molecular complexity index is 436. The number of carbonyl (C=O) groups is 1. The number of rotatable bonds is 2. The van der Waals surface area contributed by atoms with Crippen LogP contribution < -0.4 is 5.32 Å². The van der Waals surface area contributed by atoms with E-state index in [-0.39, 0.29) is 11.4 Å². The molecule has 0 saturated heterocycles. The number of hydrogen-bond acceptors (Lipinski definition) is 2. The van der Waals surface area contributed by atoms with Crippen molar-refractivity contribution in [2.75, 3.05) is 0 Å². The van der Waals surface area contributed by atoms with E-state index in [2.05, 4.69) is 24.9 Å². The van der Waals surface area contributed by atoms with Gasteiger partial charge in [0.05, 0.1) is 0 Å². The van der Waals surface area contributed by atoms with Crippen molar-refractivity contribution in [3.63, 3.8) is 0 Å². The van der Waals surface area contributed by atoms with Crippen LogP contribution in [0.1, 0.15) is 48.5 Å². The predicted molar refractivity (Wildman–Crippen MR) is 72.8 cm³/mol. The van der Waals surface area contributed by atoms with E-state index >= 15 is 0 Å². The average Bonchev–Trinajstić information content (AvgIpc) is 2.68. The first-order chi connectivity index (χ1) is 8.00. The minimum Gasteiger partial charge on any atom is -0.347 e. The van der Waals surface area contributed by atoms with Gasteiger partial charge in [0.1, 0.15) is 0 Å². The summed E-state index contributed by atoms with van der Waals surface area (Å²) in [6.07, 6.45) is 4.58. The van der Waals surface area contributed by atoms with E-state index < -0.39 is 0 Å². The van der Waals surface area contributed by atoms with Crippen molar-refractivity contribution in [2.45, 2.75) is 50.0 Å². The minimum absolute atomic E-state index is 0.0177. The van der Waals surface area contributed by atoms with Gasteiger partial charge in [-0.2, -0.15) is 0 Å².